The molecule has 0 spiro atoms. The lowest BCUT2D eigenvalue weighted by Crippen LogP contribution is -2.24. The Kier molecular flexibility index (Phi) is 5.42. The average molecular weight is 288 g/mol. The van der Waals surface area contributed by atoms with Gasteiger partial charge in [0, 0.05) is 13.1 Å². The van der Waals surface area contributed by atoms with Crippen molar-refractivity contribution in [1.82, 2.24) is 4.90 Å². The largest absolute Gasteiger partial charge is 0.302 e. The van der Waals surface area contributed by atoms with Crippen LogP contribution in [0.4, 0.5) is 4.39 Å². The normalized spacial score (nSPS) is 13.1. The van der Waals surface area contributed by atoms with Gasteiger partial charge in [0.1, 0.15) is 5.82 Å². The van der Waals surface area contributed by atoms with Crippen LogP contribution in [0.2, 0.25) is 0 Å². The lowest BCUT2D eigenvalue weighted by molar-refractivity contribution is 0.274. The monoisotopic (exact) mass is 287 g/mol. The van der Waals surface area contributed by atoms with Gasteiger partial charge in [0.15, 0.2) is 0 Å². The standard InChI is InChI=1S/C13H19BrFN/c1-4-10(2)8-16(3)9-11-6-5-7-12(15)13(11)14/h5-7,10H,4,8-9H2,1-3H3. The molecule has 0 saturated carbocycles. The summed E-state index contributed by atoms with van der Waals surface area (Å²) < 4.78 is 13.9. The van der Waals surface area contributed by atoms with Gasteiger partial charge >= 0.3 is 0 Å². The van der Waals surface area contributed by atoms with E-state index in [4.69, 9.17) is 0 Å². The van der Waals surface area contributed by atoms with Crippen molar-refractivity contribution in [1.29, 1.82) is 0 Å². The van der Waals surface area contributed by atoms with E-state index in [1.165, 1.54) is 12.5 Å². The molecule has 0 aliphatic rings. The van der Waals surface area contributed by atoms with Crippen LogP contribution in [0, 0.1) is 11.7 Å². The van der Waals surface area contributed by atoms with E-state index < -0.39 is 0 Å². The summed E-state index contributed by atoms with van der Waals surface area (Å²) in [6, 6.07) is 5.19. The number of halogens is 2. The molecule has 0 saturated heterocycles. The van der Waals surface area contributed by atoms with E-state index in [9.17, 15) is 4.39 Å². The smallest absolute Gasteiger partial charge is 0.137 e. The van der Waals surface area contributed by atoms with Crippen molar-refractivity contribution in [3.63, 3.8) is 0 Å². The third-order valence-electron chi connectivity index (χ3n) is 2.79. The molecular formula is C13H19BrFN. The van der Waals surface area contributed by atoms with E-state index >= 15 is 0 Å². The van der Waals surface area contributed by atoms with E-state index in [1.54, 1.807) is 6.07 Å². The summed E-state index contributed by atoms with van der Waals surface area (Å²) in [5.41, 5.74) is 1.01. The molecule has 0 aliphatic carbocycles. The van der Waals surface area contributed by atoms with Crippen LogP contribution in [0.5, 0.6) is 0 Å². The Bertz CT molecular complexity index is 341. The molecule has 1 unspecified atom stereocenters. The first-order chi connectivity index (χ1) is 7.54. The van der Waals surface area contributed by atoms with E-state index in [-0.39, 0.29) is 5.82 Å². The Morgan fingerprint density at radius 3 is 2.75 bits per heavy atom. The molecule has 0 heterocycles. The summed E-state index contributed by atoms with van der Waals surface area (Å²) in [6.07, 6.45) is 1.18. The highest BCUT2D eigenvalue weighted by Gasteiger charge is 2.09. The van der Waals surface area contributed by atoms with Crippen LogP contribution < -0.4 is 0 Å². The number of benzene rings is 1. The fourth-order valence-electron chi connectivity index (χ4n) is 1.69. The van der Waals surface area contributed by atoms with Crippen LogP contribution in [0.3, 0.4) is 0 Å². The van der Waals surface area contributed by atoms with Crippen molar-refractivity contribution in [3.8, 4) is 0 Å². The number of rotatable bonds is 5. The lowest BCUT2D eigenvalue weighted by Gasteiger charge is -2.21. The van der Waals surface area contributed by atoms with Gasteiger partial charge in [-0.15, -0.1) is 0 Å². The fraction of sp³-hybridized carbons (Fsp3) is 0.538. The zero-order valence-corrected chi connectivity index (χ0v) is 11.7. The molecule has 0 fully saturated rings. The average Bonchev–Trinajstić information content (AvgIpc) is 2.24. The maximum absolute atomic E-state index is 13.3. The summed E-state index contributed by atoms with van der Waals surface area (Å²) in [5, 5.41) is 0. The van der Waals surface area contributed by atoms with Gasteiger partial charge in [0.05, 0.1) is 4.47 Å². The third-order valence-corrected chi connectivity index (χ3v) is 3.68. The Balaban J connectivity index is 2.62. The molecule has 1 aromatic rings. The Hall–Kier alpha value is -0.410. The molecular weight excluding hydrogens is 269 g/mol. The topological polar surface area (TPSA) is 3.24 Å². The van der Waals surface area contributed by atoms with E-state index in [0.717, 1.165) is 18.7 Å². The van der Waals surface area contributed by atoms with Crippen LogP contribution in [-0.2, 0) is 6.54 Å². The highest BCUT2D eigenvalue weighted by Crippen LogP contribution is 2.21. The number of hydrogen-bond acceptors (Lipinski definition) is 1. The van der Waals surface area contributed by atoms with Gasteiger partial charge < -0.3 is 4.90 Å². The highest BCUT2D eigenvalue weighted by molar-refractivity contribution is 9.10. The van der Waals surface area contributed by atoms with Gasteiger partial charge in [0.25, 0.3) is 0 Å². The van der Waals surface area contributed by atoms with Crippen LogP contribution in [0.1, 0.15) is 25.8 Å². The second-order valence-corrected chi connectivity index (χ2v) is 5.22. The van der Waals surface area contributed by atoms with Gasteiger partial charge in [0.2, 0.25) is 0 Å². The Morgan fingerprint density at radius 1 is 1.44 bits per heavy atom. The van der Waals surface area contributed by atoms with Crippen molar-refractivity contribution < 1.29 is 4.39 Å². The maximum atomic E-state index is 13.3. The first-order valence-corrected chi connectivity index (χ1v) is 6.45. The molecule has 0 N–H and O–H groups in total. The van der Waals surface area contributed by atoms with Crippen LogP contribution in [0.25, 0.3) is 0 Å². The molecule has 0 amide bonds. The summed E-state index contributed by atoms with van der Waals surface area (Å²) in [5.74, 6) is 0.492. The van der Waals surface area contributed by atoms with Crippen molar-refractivity contribution >= 4 is 15.9 Å². The molecule has 3 heteroatoms. The predicted molar refractivity (Wildman–Crippen MR) is 69.9 cm³/mol. The predicted octanol–water partition coefficient (Wildman–Crippen LogP) is 4.07. The highest BCUT2D eigenvalue weighted by atomic mass is 79.9. The number of nitrogens with zero attached hydrogens (tertiary/aromatic N) is 1. The van der Waals surface area contributed by atoms with E-state index in [0.29, 0.717) is 10.4 Å². The van der Waals surface area contributed by atoms with E-state index in [1.807, 2.05) is 6.07 Å². The molecule has 1 rings (SSSR count). The molecule has 0 radical (unpaired) electrons. The minimum absolute atomic E-state index is 0.186. The third kappa shape index (κ3) is 3.87. The molecule has 0 aliphatic heterocycles. The van der Waals surface area contributed by atoms with Gasteiger partial charge in [-0.2, -0.15) is 0 Å². The van der Waals surface area contributed by atoms with Crippen molar-refractivity contribution in [2.24, 2.45) is 5.92 Å². The van der Waals surface area contributed by atoms with Crippen molar-refractivity contribution in [3.05, 3.63) is 34.1 Å². The Morgan fingerprint density at radius 2 is 2.12 bits per heavy atom. The van der Waals surface area contributed by atoms with Gasteiger partial charge in [-0.3, -0.25) is 0 Å². The number of hydrogen-bond donors (Lipinski definition) is 0. The Labute approximate surface area is 106 Å². The molecule has 1 nitrogen and oxygen atoms in total. The SMILES string of the molecule is CCC(C)CN(C)Cc1cccc(F)c1Br. The molecule has 0 aromatic heterocycles. The second kappa shape index (κ2) is 6.36. The quantitative estimate of drug-likeness (QED) is 0.789. The minimum atomic E-state index is -0.186. The van der Waals surface area contributed by atoms with Crippen molar-refractivity contribution in [2.75, 3.05) is 13.6 Å². The van der Waals surface area contributed by atoms with Crippen LogP contribution in [0.15, 0.2) is 22.7 Å². The first kappa shape index (κ1) is 13.7. The lowest BCUT2D eigenvalue weighted by atomic mass is 10.1. The minimum Gasteiger partial charge on any atom is -0.302 e. The van der Waals surface area contributed by atoms with Gasteiger partial charge in [-0.25, -0.2) is 4.39 Å². The molecule has 1 aromatic carbocycles. The van der Waals surface area contributed by atoms with Gasteiger partial charge in [-0.1, -0.05) is 32.4 Å². The van der Waals surface area contributed by atoms with Crippen LogP contribution >= 0.6 is 15.9 Å². The second-order valence-electron chi connectivity index (χ2n) is 4.42. The fourth-order valence-corrected chi connectivity index (χ4v) is 2.08. The van der Waals surface area contributed by atoms with E-state index in [2.05, 4.69) is 41.7 Å². The molecule has 16 heavy (non-hydrogen) atoms. The van der Waals surface area contributed by atoms with Crippen LogP contribution in [-0.4, -0.2) is 18.5 Å². The summed E-state index contributed by atoms with van der Waals surface area (Å²) in [6.45, 7) is 6.25. The van der Waals surface area contributed by atoms with Gasteiger partial charge in [-0.05, 0) is 40.5 Å². The summed E-state index contributed by atoms with van der Waals surface area (Å²) in [4.78, 5) is 2.23. The molecule has 90 valence electrons. The summed E-state index contributed by atoms with van der Waals surface area (Å²) in [7, 11) is 2.07. The first-order valence-electron chi connectivity index (χ1n) is 5.66. The summed E-state index contributed by atoms with van der Waals surface area (Å²) >= 11 is 3.29. The van der Waals surface area contributed by atoms with Crippen molar-refractivity contribution in [2.45, 2.75) is 26.8 Å². The maximum Gasteiger partial charge on any atom is 0.137 e. The zero-order chi connectivity index (χ0) is 12.1. The molecule has 0 bridgehead atoms. The zero-order valence-electron chi connectivity index (χ0n) is 10.1. The molecule has 1 atom stereocenters.